The van der Waals surface area contributed by atoms with Gasteiger partial charge >= 0.3 is 0 Å². The van der Waals surface area contributed by atoms with Crippen molar-refractivity contribution in [1.82, 2.24) is 0 Å². The van der Waals surface area contributed by atoms with Crippen LogP contribution in [0.25, 0.3) is 0 Å². The molecule has 1 unspecified atom stereocenters. The van der Waals surface area contributed by atoms with Crippen LogP contribution in [0.4, 0.5) is 11.4 Å². The largest absolute Gasteiger partial charge is 0.326 e. The lowest BCUT2D eigenvalue weighted by Crippen LogP contribution is -2.32. The van der Waals surface area contributed by atoms with E-state index >= 15 is 0 Å². The molecule has 0 saturated heterocycles. The molecule has 2 N–H and O–H groups in total. The molecule has 2 amide bonds. The summed E-state index contributed by atoms with van der Waals surface area (Å²) in [6.45, 7) is 2.05. The van der Waals surface area contributed by atoms with Crippen LogP contribution in [0, 0.1) is 0 Å². The summed E-state index contributed by atoms with van der Waals surface area (Å²) in [6, 6.07) is 15.4. The Labute approximate surface area is 139 Å². The highest BCUT2D eigenvalue weighted by molar-refractivity contribution is 8.01. The van der Waals surface area contributed by atoms with Crippen molar-refractivity contribution >= 4 is 35.0 Å². The standard InChI is InChI=1S/C18H18N2O2S/c1-2-12-7-3-4-8-13(12)19-17(21)11-16-18(22)20-14-9-5-6-10-15(14)23-16/h3-10,16H,2,11H2,1H3,(H,19,21)(H,20,22). The highest BCUT2D eigenvalue weighted by Crippen LogP contribution is 2.36. The molecule has 0 bridgehead atoms. The smallest absolute Gasteiger partial charge is 0.238 e. The predicted octanol–water partition coefficient (Wildman–Crippen LogP) is 3.69. The van der Waals surface area contributed by atoms with Crippen molar-refractivity contribution in [3.8, 4) is 0 Å². The van der Waals surface area contributed by atoms with Crippen LogP contribution in [-0.2, 0) is 16.0 Å². The summed E-state index contributed by atoms with van der Waals surface area (Å²) in [5.74, 6) is -0.259. The van der Waals surface area contributed by atoms with Crippen LogP contribution in [0.5, 0.6) is 0 Å². The van der Waals surface area contributed by atoms with E-state index in [1.165, 1.54) is 11.8 Å². The number of rotatable bonds is 4. The molecule has 1 aliphatic heterocycles. The van der Waals surface area contributed by atoms with Crippen LogP contribution in [-0.4, -0.2) is 17.1 Å². The van der Waals surface area contributed by atoms with Crippen LogP contribution >= 0.6 is 11.8 Å². The fourth-order valence-electron chi connectivity index (χ4n) is 2.55. The molecule has 2 aromatic carbocycles. The van der Waals surface area contributed by atoms with Crippen molar-refractivity contribution in [3.63, 3.8) is 0 Å². The summed E-state index contributed by atoms with van der Waals surface area (Å²) >= 11 is 1.44. The molecule has 1 atom stereocenters. The third kappa shape index (κ3) is 3.56. The number of anilines is 2. The molecular weight excluding hydrogens is 308 g/mol. The molecule has 1 aliphatic rings. The molecule has 0 spiro atoms. The van der Waals surface area contributed by atoms with Crippen molar-refractivity contribution in [1.29, 1.82) is 0 Å². The Balaban J connectivity index is 1.68. The van der Waals surface area contributed by atoms with Gasteiger partial charge in [0, 0.05) is 17.0 Å². The minimum Gasteiger partial charge on any atom is -0.326 e. The second kappa shape index (κ2) is 6.87. The molecule has 2 aromatic rings. The topological polar surface area (TPSA) is 58.2 Å². The van der Waals surface area contributed by atoms with Crippen LogP contribution in [0.15, 0.2) is 53.4 Å². The Bertz CT molecular complexity index is 745. The number of benzene rings is 2. The molecule has 0 aromatic heterocycles. The first-order valence-corrected chi connectivity index (χ1v) is 8.49. The SMILES string of the molecule is CCc1ccccc1NC(=O)CC1Sc2ccccc2NC1=O. The number of fused-ring (bicyclic) bond motifs is 1. The van der Waals surface area contributed by atoms with Crippen LogP contribution in [0.1, 0.15) is 18.9 Å². The van der Waals surface area contributed by atoms with Gasteiger partial charge in [-0.3, -0.25) is 9.59 Å². The van der Waals surface area contributed by atoms with Crippen molar-refractivity contribution in [2.75, 3.05) is 10.6 Å². The number of hydrogen-bond acceptors (Lipinski definition) is 3. The van der Waals surface area contributed by atoms with Crippen molar-refractivity contribution < 1.29 is 9.59 Å². The first kappa shape index (κ1) is 15.6. The maximum absolute atomic E-state index is 12.3. The lowest BCUT2D eigenvalue weighted by atomic mass is 10.1. The van der Waals surface area contributed by atoms with Gasteiger partial charge in [0.1, 0.15) is 0 Å². The average molecular weight is 326 g/mol. The Morgan fingerprint density at radius 1 is 1.17 bits per heavy atom. The van der Waals surface area contributed by atoms with E-state index in [1.54, 1.807) is 0 Å². The monoisotopic (exact) mass is 326 g/mol. The van der Waals surface area contributed by atoms with Gasteiger partial charge in [0.2, 0.25) is 11.8 Å². The van der Waals surface area contributed by atoms with E-state index in [0.717, 1.165) is 28.3 Å². The minimum atomic E-state index is -0.404. The first-order chi connectivity index (χ1) is 11.2. The molecule has 0 radical (unpaired) electrons. The normalized spacial score (nSPS) is 16.4. The van der Waals surface area contributed by atoms with Crippen molar-refractivity contribution in [2.24, 2.45) is 0 Å². The number of hydrogen-bond donors (Lipinski definition) is 2. The number of carbonyl (C=O) groups excluding carboxylic acids is 2. The van der Waals surface area contributed by atoms with Crippen LogP contribution < -0.4 is 10.6 Å². The number of carbonyl (C=O) groups is 2. The van der Waals surface area contributed by atoms with E-state index in [4.69, 9.17) is 0 Å². The van der Waals surface area contributed by atoms with E-state index < -0.39 is 5.25 Å². The van der Waals surface area contributed by atoms with Gasteiger partial charge in [-0.25, -0.2) is 0 Å². The molecule has 4 nitrogen and oxygen atoms in total. The second-order valence-corrected chi connectivity index (χ2v) is 6.60. The van der Waals surface area contributed by atoms with Gasteiger partial charge in [-0.15, -0.1) is 11.8 Å². The molecule has 3 rings (SSSR count). The summed E-state index contributed by atoms with van der Waals surface area (Å²) in [4.78, 5) is 25.5. The zero-order valence-electron chi connectivity index (χ0n) is 12.8. The molecule has 1 heterocycles. The molecule has 0 saturated carbocycles. The minimum absolute atomic E-state index is 0.118. The number of nitrogens with one attached hydrogen (secondary N) is 2. The summed E-state index contributed by atoms with van der Waals surface area (Å²) in [5, 5.41) is 5.38. The van der Waals surface area contributed by atoms with Gasteiger partial charge in [0.05, 0.1) is 10.9 Å². The summed E-state index contributed by atoms with van der Waals surface area (Å²) in [7, 11) is 0. The number of para-hydroxylation sites is 2. The zero-order valence-corrected chi connectivity index (χ0v) is 13.7. The predicted molar refractivity (Wildman–Crippen MR) is 93.8 cm³/mol. The summed E-state index contributed by atoms with van der Waals surface area (Å²) < 4.78 is 0. The molecule has 23 heavy (non-hydrogen) atoms. The number of thioether (sulfide) groups is 1. The Morgan fingerprint density at radius 3 is 2.74 bits per heavy atom. The van der Waals surface area contributed by atoms with Gasteiger partial charge < -0.3 is 10.6 Å². The number of amides is 2. The Morgan fingerprint density at radius 2 is 1.91 bits per heavy atom. The van der Waals surface area contributed by atoms with Gasteiger partial charge in [-0.2, -0.15) is 0 Å². The lowest BCUT2D eigenvalue weighted by Gasteiger charge is -2.23. The third-order valence-electron chi connectivity index (χ3n) is 3.75. The quantitative estimate of drug-likeness (QED) is 0.901. The molecule has 5 heteroatoms. The lowest BCUT2D eigenvalue weighted by molar-refractivity contribution is -0.120. The summed E-state index contributed by atoms with van der Waals surface area (Å²) in [5.41, 5.74) is 2.73. The molecular formula is C18H18N2O2S. The number of aryl methyl sites for hydroxylation is 1. The first-order valence-electron chi connectivity index (χ1n) is 7.61. The van der Waals surface area contributed by atoms with Gasteiger partial charge in [0.15, 0.2) is 0 Å². The molecule has 0 fully saturated rings. The van der Waals surface area contributed by atoms with Gasteiger partial charge in [-0.05, 0) is 30.2 Å². The van der Waals surface area contributed by atoms with Gasteiger partial charge in [0.25, 0.3) is 0 Å². The van der Waals surface area contributed by atoms with Crippen molar-refractivity contribution in [3.05, 3.63) is 54.1 Å². The second-order valence-electron chi connectivity index (χ2n) is 5.35. The average Bonchev–Trinajstić information content (AvgIpc) is 2.56. The molecule has 118 valence electrons. The van der Waals surface area contributed by atoms with E-state index in [2.05, 4.69) is 10.6 Å². The van der Waals surface area contributed by atoms with Crippen LogP contribution in [0.2, 0.25) is 0 Å². The van der Waals surface area contributed by atoms with Crippen LogP contribution in [0.3, 0.4) is 0 Å². The fourth-order valence-corrected chi connectivity index (χ4v) is 3.66. The molecule has 0 aliphatic carbocycles. The maximum Gasteiger partial charge on any atom is 0.238 e. The van der Waals surface area contributed by atoms with E-state index in [9.17, 15) is 9.59 Å². The maximum atomic E-state index is 12.3. The van der Waals surface area contributed by atoms with E-state index in [1.807, 2.05) is 55.5 Å². The van der Waals surface area contributed by atoms with E-state index in [0.29, 0.717) is 0 Å². The van der Waals surface area contributed by atoms with Crippen molar-refractivity contribution in [2.45, 2.75) is 29.9 Å². The highest BCUT2D eigenvalue weighted by Gasteiger charge is 2.28. The summed E-state index contributed by atoms with van der Waals surface area (Å²) in [6.07, 6.45) is 1.01. The van der Waals surface area contributed by atoms with Gasteiger partial charge in [-0.1, -0.05) is 37.3 Å². The Hall–Kier alpha value is -2.27. The highest BCUT2D eigenvalue weighted by atomic mass is 32.2. The van der Waals surface area contributed by atoms with E-state index in [-0.39, 0.29) is 18.2 Å². The third-order valence-corrected chi connectivity index (χ3v) is 5.02. The zero-order chi connectivity index (χ0) is 16.2. The Kier molecular flexibility index (Phi) is 4.67. The fraction of sp³-hybridized carbons (Fsp3) is 0.222.